The van der Waals surface area contributed by atoms with Crippen molar-refractivity contribution in [2.24, 2.45) is 0 Å². The second-order valence-corrected chi connectivity index (χ2v) is 3.78. The minimum absolute atomic E-state index is 0.0554. The highest BCUT2D eigenvalue weighted by Gasteiger charge is 2.10. The van der Waals surface area contributed by atoms with Crippen molar-refractivity contribution in [1.82, 2.24) is 9.55 Å². The van der Waals surface area contributed by atoms with Gasteiger partial charge >= 0.3 is 5.97 Å². The third-order valence-corrected chi connectivity index (χ3v) is 2.69. The molecule has 0 aliphatic rings. The van der Waals surface area contributed by atoms with Gasteiger partial charge in [-0.2, -0.15) is 0 Å². The molecule has 0 aliphatic heterocycles. The van der Waals surface area contributed by atoms with Crippen LogP contribution in [0.15, 0.2) is 18.5 Å². The lowest BCUT2D eigenvalue weighted by atomic mass is 10.2. The first-order valence-corrected chi connectivity index (χ1v) is 5.44. The molecule has 0 fully saturated rings. The van der Waals surface area contributed by atoms with Crippen LogP contribution in [-0.4, -0.2) is 34.8 Å². The lowest BCUT2D eigenvalue weighted by Gasteiger charge is -2.08. The van der Waals surface area contributed by atoms with Gasteiger partial charge in [0, 0.05) is 18.7 Å². The van der Waals surface area contributed by atoms with Crippen molar-refractivity contribution in [1.29, 1.82) is 0 Å². The number of nitrogens with zero attached hydrogens (tertiary/aromatic N) is 2. The van der Waals surface area contributed by atoms with E-state index in [0.29, 0.717) is 18.0 Å². The SMILES string of the molecule is COc1cc2ncn(CCC(=O)O)c2cc1OC. The molecule has 18 heavy (non-hydrogen) atoms. The number of aliphatic carboxylic acids is 1. The second-order valence-electron chi connectivity index (χ2n) is 3.78. The quantitative estimate of drug-likeness (QED) is 0.871. The van der Waals surface area contributed by atoms with Crippen LogP contribution in [0.5, 0.6) is 11.5 Å². The summed E-state index contributed by atoms with van der Waals surface area (Å²) >= 11 is 0. The van der Waals surface area contributed by atoms with Gasteiger partial charge in [0.15, 0.2) is 11.5 Å². The van der Waals surface area contributed by atoms with Gasteiger partial charge in [0.25, 0.3) is 0 Å². The molecule has 0 spiro atoms. The zero-order chi connectivity index (χ0) is 13.1. The molecular formula is C12H14N2O4. The summed E-state index contributed by atoms with van der Waals surface area (Å²) in [5.74, 6) is 0.368. The summed E-state index contributed by atoms with van der Waals surface area (Å²) in [4.78, 5) is 14.8. The molecule has 1 N–H and O–H groups in total. The van der Waals surface area contributed by atoms with E-state index < -0.39 is 5.97 Å². The van der Waals surface area contributed by atoms with Crippen LogP contribution in [-0.2, 0) is 11.3 Å². The first kappa shape index (κ1) is 12.2. The maximum absolute atomic E-state index is 10.6. The zero-order valence-corrected chi connectivity index (χ0v) is 10.2. The molecule has 1 aromatic carbocycles. The molecule has 0 aliphatic carbocycles. The number of aryl methyl sites for hydroxylation is 1. The number of hydrogen-bond acceptors (Lipinski definition) is 4. The van der Waals surface area contributed by atoms with Crippen LogP contribution < -0.4 is 9.47 Å². The average Bonchev–Trinajstić information content (AvgIpc) is 2.76. The van der Waals surface area contributed by atoms with Crippen molar-refractivity contribution in [2.45, 2.75) is 13.0 Å². The molecular weight excluding hydrogens is 236 g/mol. The van der Waals surface area contributed by atoms with Crippen molar-refractivity contribution >= 4 is 17.0 Å². The van der Waals surface area contributed by atoms with E-state index in [1.165, 1.54) is 0 Å². The minimum Gasteiger partial charge on any atom is -0.493 e. The van der Waals surface area contributed by atoms with Gasteiger partial charge in [0.2, 0.25) is 0 Å². The number of fused-ring (bicyclic) bond motifs is 1. The fraction of sp³-hybridized carbons (Fsp3) is 0.333. The zero-order valence-electron chi connectivity index (χ0n) is 10.2. The molecule has 2 aromatic rings. The number of carbonyl (C=O) groups is 1. The molecule has 0 atom stereocenters. The molecule has 0 amide bonds. The van der Waals surface area contributed by atoms with Crippen LogP contribution in [0, 0.1) is 0 Å². The van der Waals surface area contributed by atoms with Gasteiger partial charge < -0.3 is 19.1 Å². The molecule has 1 aromatic heterocycles. The van der Waals surface area contributed by atoms with Crippen molar-refractivity contribution in [3.63, 3.8) is 0 Å². The highest BCUT2D eigenvalue weighted by atomic mass is 16.5. The number of carboxylic acid groups (broad SMARTS) is 1. The van der Waals surface area contributed by atoms with Crippen molar-refractivity contribution in [2.75, 3.05) is 14.2 Å². The second kappa shape index (κ2) is 4.95. The van der Waals surface area contributed by atoms with Crippen molar-refractivity contribution in [3.8, 4) is 11.5 Å². The van der Waals surface area contributed by atoms with Crippen LogP contribution in [0.2, 0.25) is 0 Å². The fourth-order valence-electron chi connectivity index (χ4n) is 1.78. The molecule has 1 heterocycles. The van der Waals surface area contributed by atoms with E-state index in [0.717, 1.165) is 11.0 Å². The highest BCUT2D eigenvalue weighted by molar-refractivity contribution is 5.80. The minimum atomic E-state index is -0.836. The number of methoxy groups -OCH3 is 2. The van der Waals surface area contributed by atoms with Gasteiger partial charge in [-0.05, 0) is 0 Å². The van der Waals surface area contributed by atoms with Crippen LogP contribution >= 0.6 is 0 Å². The van der Waals surface area contributed by atoms with Crippen molar-refractivity contribution in [3.05, 3.63) is 18.5 Å². The number of benzene rings is 1. The smallest absolute Gasteiger partial charge is 0.305 e. The number of carboxylic acids is 1. The summed E-state index contributed by atoms with van der Waals surface area (Å²) in [6.45, 7) is 0.376. The first-order chi connectivity index (χ1) is 8.65. The Kier molecular flexibility index (Phi) is 3.36. The van der Waals surface area contributed by atoms with E-state index in [1.54, 1.807) is 37.2 Å². The molecule has 6 heteroatoms. The van der Waals surface area contributed by atoms with E-state index in [-0.39, 0.29) is 6.42 Å². The van der Waals surface area contributed by atoms with Crippen LogP contribution in [0.1, 0.15) is 6.42 Å². The third-order valence-electron chi connectivity index (χ3n) is 2.69. The monoisotopic (exact) mass is 250 g/mol. The lowest BCUT2D eigenvalue weighted by molar-refractivity contribution is -0.137. The number of imidazole rings is 1. The van der Waals surface area contributed by atoms with Gasteiger partial charge in [0.05, 0.1) is 38.0 Å². The Morgan fingerprint density at radius 2 is 2.00 bits per heavy atom. The number of hydrogen-bond donors (Lipinski definition) is 1. The molecule has 0 radical (unpaired) electrons. The molecule has 96 valence electrons. The third kappa shape index (κ3) is 2.22. The van der Waals surface area contributed by atoms with Gasteiger partial charge in [0.1, 0.15) is 0 Å². The van der Waals surface area contributed by atoms with Gasteiger partial charge in [-0.25, -0.2) is 4.98 Å². The Balaban J connectivity index is 2.42. The number of rotatable bonds is 5. The molecule has 0 bridgehead atoms. The lowest BCUT2D eigenvalue weighted by Crippen LogP contribution is -2.03. The number of aromatic nitrogens is 2. The van der Waals surface area contributed by atoms with Crippen molar-refractivity contribution < 1.29 is 19.4 Å². The summed E-state index contributed by atoms with van der Waals surface area (Å²) in [6.07, 6.45) is 1.67. The Labute approximate surface area is 104 Å². The normalized spacial score (nSPS) is 10.6. The predicted molar refractivity (Wildman–Crippen MR) is 65.1 cm³/mol. The molecule has 2 rings (SSSR count). The molecule has 0 unspecified atom stereocenters. The van der Waals surface area contributed by atoms with Gasteiger partial charge in [-0.1, -0.05) is 0 Å². The predicted octanol–water partition coefficient (Wildman–Crippen LogP) is 1.53. The Morgan fingerprint density at radius 3 is 2.61 bits per heavy atom. The van der Waals surface area contributed by atoms with Gasteiger partial charge in [-0.3, -0.25) is 4.79 Å². The molecule has 6 nitrogen and oxygen atoms in total. The van der Waals surface area contributed by atoms with Crippen LogP contribution in [0.4, 0.5) is 0 Å². The maximum Gasteiger partial charge on any atom is 0.305 e. The Morgan fingerprint density at radius 1 is 1.33 bits per heavy atom. The van der Waals surface area contributed by atoms with Gasteiger partial charge in [-0.15, -0.1) is 0 Å². The largest absolute Gasteiger partial charge is 0.493 e. The molecule has 0 saturated heterocycles. The van der Waals surface area contributed by atoms with E-state index in [4.69, 9.17) is 14.6 Å². The van der Waals surface area contributed by atoms with E-state index in [9.17, 15) is 4.79 Å². The number of ether oxygens (including phenoxy) is 2. The molecule has 0 saturated carbocycles. The van der Waals surface area contributed by atoms with Crippen LogP contribution in [0.25, 0.3) is 11.0 Å². The van der Waals surface area contributed by atoms with E-state index >= 15 is 0 Å². The van der Waals surface area contributed by atoms with E-state index in [1.807, 2.05) is 0 Å². The summed E-state index contributed by atoms with van der Waals surface area (Å²) in [5, 5.41) is 8.69. The van der Waals surface area contributed by atoms with Crippen LogP contribution in [0.3, 0.4) is 0 Å². The average molecular weight is 250 g/mol. The Hall–Kier alpha value is -2.24. The standard InChI is InChI=1S/C12H14N2O4/c1-17-10-5-8-9(6-11(10)18-2)14(7-13-8)4-3-12(15)16/h5-7H,3-4H2,1-2H3,(H,15,16). The van der Waals surface area contributed by atoms with E-state index in [2.05, 4.69) is 4.98 Å². The topological polar surface area (TPSA) is 73.6 Å². The summed E-state index contributed by atoms with van der Waals surface area (Å²) in [7, 11) is 3.12. The Bertz CT molecular complexity index is 577. The summed E-state index contributed by atoms with van der Waals surface area (Å²) in [5.41, 5.74) is 1.58. The highest BCUT2D eigenvalue weighted by Crippen LogP contribution is 2.31. The fourth-order valence-corrected chi connectivity index (χ4v) is 1.78. The summed E-state index contributed by atoms with van der Waals surface area (Å²) < 4.78 is 12.2. The maximum atomic E-state index is 10.6. The first-order valence-electron chi connectivity index (χ1n) is 5.44. The summed E-state index contributed by atoms with van der Waals surface area (Å²) in [6, 6.07) is 3.56.